The number of para-hydroxylation sites is 1. The molecule has 0 unspecified atom stereocenters. The van der Waals surface area contributed by atoms with E-state index in [9.17, 15) is 10.4 Å². The number of terminal acetylenes is 1. The summed E-state index contributed by atoms with van der Waals surface area (Å²) in [5.41, 5.74) is 8.25. The van der Waals surface area contributed by atoms with E-state index >= 15 is 0 Å². The Balaban J connectivity index is 1.70. The van der Waals surface area contributed by atoms with E-state index in [1.165, 1.54) is 11.3 Å². The average molecular weight is 559 g/mol. The van der Waals surface area contributed by atoms with Gasteiger partial charge in [-0.2, -0.15) is 9.84 Å². The normalized spacial score (nSPS) is 21.2. The van der Waals surface area contributed by atoms with E-state index in [-0.39, 0.29) is 22.2 Å². The maximum Gasteiger partial charge on any atom is 0.209 e. The zero-order chi connectivity index (χ0) is 30.4. The van der Waals surface area contributed by atoms with Crippen LogP contribution in [-0.4, -0.2) is 35.6 Å². The Kier molecular flexibility index (Phi) is 7.42. The summed E-state index contributed by atoms with van der Waals surface area (Å²) in [6.45, 7) is 14.7. The number of unbranched alkanes of at least 4 members (excludes halogenated alkanes) is 1. The topological polar surface area (TPSA) is 59.5 Å². The summed E-state index contributed by atoms with van der Waals surface area (Å²) in [5, 5.41) is 21.7. The standard InChI is InChI=1S/C37H39N3O2/c1-9-12-19-40-30-16-14-13-15-28(30)36(4,5)33(40)22-27-34(24(10-2)23-38)26(35(27)41)21-32-37(6,7)29-20-25(42-8)17-18-31(29)39(32)11-3/h2,13-18,20-22H,9,11-12,19H2,1,3-8H3/p+1/b34-24-. The molecule has 1 aliphatic carbocycles. The summed E-state index contributed by atoms with van der Waals surface area (Å²) in [7, 11) is 1.68. The zero-order valence-electron chi connectivity index (χ0n) is 25.8. The molecule has 0 aromatic heterocycles. The third-order valence-electron chi connectivity index (χ3n) is 9.07. The van der Waals surface area contributed by atoms with E-state index in [4.69, 9.17) is 11.2 Å². The number of hydrogen-bond donors (Lipinski definition) is 1. The molecule has 0 atom stereocenters. The first kappa shape index (κ1) is 29.0. The Bertz CT molecular complexity index is 1700. The molecule has 0 bridgehead atoms. The van der Waals surface area contributed by atoms with Crippen LogP contribution in [0.2, 0.25) is 0 Å². The van der Waals surface area contributed by atoms with Gasteiger partial charge in [-0.15, -0.1) is 6.42 Å². The Labute approximate surface area is 250 Å². The second-order valence-electron chi connectivity index (χ2n) is 12.1. The largest absolute Gasteiger partial charge is 0.507 e. The predicted octanol–water partition coefficient (Wildman–Crippen LogP) is 7.78. The van der Waals surface area contributed by atoms with Crippen LogP contribution >= 0.6 is 0 Å². The van der Waals surface area contributed by atoms with E-state index in [1.54, 1.807) is 7.11 Å². The van der Waals surface area contributed by atoms with Crippen LogP contribution in [0, 0.1) is 23.7 Å². The fourth-order valence-electron chi connectivity index (χ4n) is 6.69. The van der Waals surface area contributed by atoms with Crippen LogP contribution in [0.3, 0.4) is 0 Å². The fourth-order valence-corrected chi connectivity index (χ4v) is 6.69. The van der Waals surface area contributed by atoms with Gasteiger partial charge in [0.1, 0.15) is 29.7 Å². The molecule has 3 aliphatic rings. The zero-order valence-corrected chi connectivity index (χ0v) is 25.8. The quantitative estimate of drug-likeness (QED) is 0.214. The molecule has 2 heterocycles. The summed E-state index contributed by atoms with van der Waals surface area (Å²) in [6.07, 6.45) is 12.1. The van der Waals surface area contributed by atoms with Crippen LogP contribution in [0.1, 0.15) is 65.5 Å². The lowest BCUT2D eigenvalue weighted by molar-refractivity contribution is -0.438. The molecule has 2 aromatic rings. The Morgan fingerprint density at radius 2 is 1.81 bits per heavy atom. The van der Waals surface area contributed by atoms with E-state index in [1.807, 2.05) is 18.2 Å². The Hall–Kier alpha value is -4.48. The van der Waals surface area contributed by atoms with Gasteiger partial charge in [0.05, 0.1) is 12.5 Å². The number of likely N-dealkylation sites (N-methyl/N-ethyl adjacent to an activating group) is 1. The molecule has 5 rings (SSSR count). The van der Waals surface area contributed by atoms with Gasteiger partial charge in [-0.1, -0.05) is 51.3 Å². The molecule has 42 heavy (non-hydrogen) atoms. The van der Waals surface area contributed by atoms with E-state index < -0.39 is 0 Å². The van der Waals surface area contributed by atoms with Gasteiger partial charge in [0.2, 0.25) is 5.69 Å². The molecule has 1 N–H and O–H groups in total. The highest BCUT2D eigenvalue weighted by atomic mass is 16.5. The van der Waals surface area contributed by atoms with Crippen LogP contribution in [0.4, 0.5) is 11.4 Å². The molecule has 214 valence electrons. The predicted molar refractivity (Wildman–Crippen MR) is 171 cm³/mol. The van der Waals surface area contributed by atoms with Crippen molar-refractivity contribution in [3.8, 4) is 24.2 Å². The highest BCUT2D eigenvalue weighted by Crippen LogP contribution is 2.52. The molecular weight excluding hydrogens is 518 g/mol. The summed E-state index contributed by atoms with van der Waals surface area (Å²) < 4.78 is 7.89. The Morgan fingerprint density at radius 1 is 1.07 bits per heavy atom. The van der Waals surface area contributed by atoms with Crippen molar-refractivity contribution in [1.29, 1.82) is 5.26 Å². The van der Waals surface area contributed by atoms with Crippen molar-refractivity contribution in [1.82, 2.24) is 0 Å². The minimum atomic E-state index is -0.360. The number of nitrogens with zero attached hydrogens (tertiary/aromatic N) is 3. The minimum Gasteiger partial charge on any atom is -0.507 e. The molecule has 2 aromatic carbocycles. The van der Waals surface area contributed by atoms with Crippen molar-refractivity contribution in [3.05, 3.63) is 99.5 Å². The van der Waals surface area contributed by atoms with Gasteiger partial charge >= 0.3 is 0 Å². The average Bonchev–Trinajstić information content (AvgIpc) is 3.34. The van der Waals surface area contributed by atoms with Crippen molar-refractivity contribution >= 4 is 17.1 Å². The lowest BCUT2D eigenvalue weighted by atomic mass is 9.74. The number of anilines is 1. The molecule has 0 radical (unpaired) electrons. The number of methoxy groups -OCH3 is 1. The SMILES string of the molecule is C#C/C(C#N)=C1C(/C=C2\N(CC)c3ccc(OC)cc3C2(C)C)=C(O)C\1=C/C1=[N+](CCCC)c2ccccc2C1(C)C. The fraction of sp³-hybridized carbons (Fsp3) is 0.351. The van der Waals surface area contributed by atoms with Crippen LogP contribution in [-0.2, 0) is 10.8 Å². The molecular formula is C37H40N3O2+. The molecule has 5 heteroatoms. The van der Waals surface area contributed by atoms with Crippen molar-refractivity contribution in [2.45, 2.75) is 65.2 Å². The highest BCUT2D eigenvalue weighted by Gasteiger charge is 2.46. The number of nitriles is 1. The molecule has 0 saturated heterocycles. The maximum atomic E-state index is 11.7. The number of rotatable bonds is 7. The monoisotopic (exact) mass is 558 g/mol. The van der Waals surface area contributed by atoms with E-state index in [0.29, 0.717) is 16.7 Å². The second kappa shape index (κ2) is 10.7. The molecule has 0 saturated carbocycles. The molecule has 0 fully saturated rings. The summed E-state index contributed by atoms with van der Waals surface area (Å²) in [5.74, 6) is 3.56. The first-order valence-electron chi connectivity index (χ1n) is 14.8. The van der Waals surface area contributed by atoms with E-state index in [2.05, 4.69) is 99.4 Å². The van der Waals surface area contributed by atoms with Crippen LogP contribution in [0.5, 0.6) is 5.75 Å². The number of hydrogen-bond acceptors (Lipinski definition) is 4. The van der Waals surface area contributed by atoms with Crippen molar-refractivity contribution in [2.75, 3.05) is 25.1 Å². The van der Waals surface area contributed by atoms with Gasteiger partial charge in [-0.05, 0) is 50.6 Å². The van der Waals surface area contributed by atoms with E-state index in [0.717, 1.165) is 54.3 Å². The number of aliphatic hydroxyl groups is 1. The van der Waals surface area contributed by atoms with Gasteiger partial charge in [-0.3, -0.25) is 0 Å². The van der Waals surface area contributed by atoms with Crippen LogP contribution in [0.15, 0.2) is 88.4 Å². The van der Waals surface area contributed by atoms with Gasteiger partial charge in [0, 0.05) is 64.2 Å². The van der Waals surface area contributed by atoms with Crippen molar-refractivity contribution < 1.29 is 14.4 Å². The second-order valence-corrected chi connectivity index (χ2v) is 12.1. The van der Waals surface area contributed by atoms with Gasteiger partial charge in [-0.25, -0.2) is 0 Å². The van der Waals surface area contributed by atoms with Crippen LogP contribution in [0.25, 0.3) is 0 Å². The molecule has 0 spiro atoms. The van der Waals surface area contributed by atoms with Crippen LogP contribution < -0.4 is 9.64 Å². The lowest BCUT2D eigenvalue weighted by Crippen LogP contribution is -2.30. The number of aliphatic hydroxyl groups excluding tert-OH is 1. The van der Waals surface area contributed by atoms with Gasteiger partial charge in [0.25, 0.3) is 0 Å². The first-order chi connectivity index (χ1) is 20.1. The molecule has 2 aliphatic heterocycles. The third-order valence-corrected chi connectivity index (χ3v) is 9.07. The van der Waals surface area contributed by atoms with Crippen molar-refractivity contribution in [2.24, 2.45) is 0 Å². The summed E-state index contributed by atoms with van der Waals surface area (Å²) >= 11 is 0. The first-order valence-corrected chi connectivity index (χ1v) is 14.8. The Morgan fingerprint density at radius 3 is 2.45 bits per heavy atom. The smallest absolute Gasteiger partial charge is 0.209 e. The number of fused-ring (bicyclic) bond motifs is 2. The number of ether oxygens (including phenoxy) is 1. The maximum absolute atomic E-state index is 11.7. The minimum absolute atomic E-state index is 0.163. The van der Waals surface area contributed by atoms with Gasteiger partial charge < -0.3 is 14.7 Å². The lowest BCUT2D eigenvalue weighted by Gasteiger charge is -2.31. The number of allylic oxidation sites excluding steroid dienone is 6. The van der Waals surface area contributed by atoms with Crippen molar-refractivity contribution in [3.63, 3.8) is 0 Å². The molecule has 0 amide bonds. The molecule has 5 nitrogen and oxygen atoms in total. The number of benzene rings is 2. The summed E-state index contributed by atoms with van der Waals surface area (Å²) in [6, 6.07) is 16.9. The highest BCUT2D eigenvalue weighted by molar-refractivity contribution is 6.05. The van der Waals surface area contributed by atoms with Gasteiger partial charge in [0.15, 0.2) is 5.71 Å². The third kappa shape index (κ3) is 4.27. The summed E-state index contributed by atoms with van der Waals surface area (Å²) in [4.78, 5) is 2.26.